The van der Waals surface area contributed by atoms with E-state index in [2.05, 4.69) is 41.1 Å². The van der Waals surface area contributed by atoms with Crippen LogP contribution in [0.5, 0.6) is 0 Å². The normalized spacial score (nSPS) is 11.4. The molecule has 0 aliphatic rings. The zero-order valence-electron chi connectivity index (χ0n) is 14.7. The van der Waals surface area contributed by atoms with E-state index in [9.17, 15) is 4.79 Å². The maximum atomic E-state index is 12.3. The van der Waals surface area contributed by atoms with Gasteiger partial charge in [0.2, 0.25) is 0 Å². The van der Waals surface area contributed by atoms with E-state index >= 15 is 0 Å². The highest BCUT2D eigenvalue weighted by Crippen LogP contribution is 2.16. The molecule has 0 aliphatic heterocycles. The van der Waals surface area contributed by atoms with Crippen molar-refractivity contribution >= 4 is 11.6 Å². The lowest BCUT2D eigenvalue weighted by molar-refractivity contribution is 0.0955. The average Bonchev–Trinajstić information content (AvgIpc) is 2.98. The summed E-state index contributed by atoms with van der Waals surface area (Å²) in [5, 5.41) is 4.18. The quantitative estimate of drug-likeness (QED) is 0.564. The number of carbonyl (C=O) groups excluding carboxylic acids is 1. The van der Waals surface area contributed by atoms with Crippen LogP contribution < -0.4 is 5.43 Å². The fraction of sp³-hybridized carbons (Fsp3) is 0.143. The van der Waals surface area contributed by atoms with Gasteiger partial charge in [-0.3, -0.25) is 4.79 Å². The summed E-state index contributed by atoms with van der Waals surface area (Å²) in [6.07, 6.45) is 0. The molecule has 1 amide bonds. The second-order valence-electron chi connectivity index (χ2n) is 6.00. The number of aryl methyl sites for hydroxylation is 2. The van der Waals surface area contributed by atoms with Crippen molar-refractivity contribution in [2.45, 2.75) is 20.8 Å². The number of carbonyl (C=O) groups is 1. The van der Waals surface area contributed by atoms with Gasteiger partial charge in [0.05, 0.1) is 5.71 Å². The first-order chi connectivity index (χ1) is 12.1. The van der Waals surface area contributed by atoms with Gasteiger partial charge in [0.25, 0.3) is 5.91 Å². The van der Waals surface area contributed by atoms with E-state index in [1.165, 1.54) is 0 Å². The predicted octanol–water partition coefficient (Wildman–Crippen LogP) is 4.25. The zero-order valence-corrected chi connectivity index (χ0v) is 14.7. The monoisotopic (exact) mass is 331 g/mol. The van der Waals surface area contributed by atoms with Crippen molar-refractivity contribution in [2.24, 2.45) is 5.10 Å². The number of nitrogens with one attached hydrogen (secondary N) is 1. The van der Waals surface area contributed by atoms with Crippen molar-refractivity contribution in [1.29, 1.82) is 0 Å². The van der Waals surface area contributed by atoms with E-state index in [-0.39, 0.29) is 5.91 Å². The molecule has 0 atom stereocenters. The number of rotatable bonds is 4. The minimum absolute atomic E-state index is 0.220. The first-order valence-corrected chi connectivity index (χ1v) is 8.21. The standard InChI is InChI=1S/C21H21N3O/c1-15-9-10-16(2)24(15)20-13-11-19(12-14-20)21(25)23-22-17(3)18-7-5-4-6-8-18/h4-14H,1-3H3,(H,23,25)/b22-17+. The molecule has 1 aromatic heterocycles. The molecule has 0 aliphatic carbocycles. The first-order valence-electron chi connectivity index (χ1n) is 8.21. The number of hydrogen-bond acceptors (Lipinski definition) is 2. The van der Waals surface area contributed by atoms with Crippen molar-refractivity contribution in [2.75, 3.05) is 0 Å². The Kier molecular flexibility index (Phi) is 4.80. The summed E-state index contributed by atoms with van der Waals surface area (Å²) in [5.74, 6) is -0.220. The van der Waals surface area contributed by atoms with Crippen LogP contribution >= 0.6 is 0 Å². The van der Waals surface area contributed by atoms with Gasteiger partial charge < -0.3 is 4.57 Å². The number of hydrazone groups is 1. The van der Waals surface area contributed by atoms with E-state index in [1.807, 2.05) is 61.5 Å². The van der Waals surface area contributed by atoms with Crippen molar-refractivity contribution in [3.8, 4) is 5.69 Å². The molecular formula is C21H21N3O. The number of nitrogens with zero attached hydrogens (tertiary/aromatic N) is 2. The van der Waals surface area contributed by atoms with E-state index in [1.54, 1.807) is 0 Å². The van der Waals surface area contributed by atoms with Gasteiger partial charge in [0, 0.05) is 22.6 Å². The van der Waals surface area contributed by atoms with Crippen molar-refractivity contribution in [3.05, 3.63) is 89.2 Å². The van der Waals surface area contributed by atoms with Gasteiger partial charge in [-0.05, 0) is 62.7 Å². The van der Waals surface area contributed by atoms with Crippen LogP contribution in [0.3, 0.4) is 0 Å². The Balaban J connectivity index is 1.73. The molecule has 3 aromatic rings. The van der Waals surface area contributed by atoms with Gasteiger partial charge >= 0.3 is 0 Å². The molecule has 2 aromatic carbocycles. The van der Waals surface area contributed by atoms with Crippen LogP contribution in [-0.2, 0) is 0 Å². The Bertz CT molecular complexity index is 887. The van der Waals surface area contributed by atoms with E-state index in [0.29, 0.717) is 5.56 Å². The summed E-state index contributed by atoms with van der Waals surface area (Å²) in [5.41, 5.74) is 8.32. The van der Waals surface area contributed by atoms with Gasteiger partial charge in [-0.25, -0.2) is 5.43 Å². The summed E-state index contributed by atoms with van der Waals surface area (Å²) in [7, 11) is 0. The van der Waals surface area contributed by atoms with E-state index in [0.717, 1.165) is 28.4 Å². The number of amides is 1. The van der Waals surface area contributed by atoms with Gasteiger partial charge in [-0.2, -0.15) is 5.10 Å². The molecule has 0 saturated carbocycles. The predicted molar refractivity (Wildman–Crippen MR) is 101 cm³/mol. The molecule has 0 saturated heterocycles. The molecule has 4 nitrogen and oxygen atoms in total. The minimum Gasteiger partial charge on any atom is -0.319 e. The smallest absolute Gasteiger partial charge is 0.271 e. The van der Waals surface area contributed by atoms with Crippen LogP contribution in [0.1, 0.15) is 34.2 Å². The molecule has 0 bridgehead atoms. The summed E-state index contributed by atoms with van der Waals surface area (Å²) in [6.45, 7) is 6.00. The van der Waals surface area contributed by atoms with Gasteiger partial charge in [-0.1, -0.05) is 30.3 Å². The average molecular weight is 331 g/mol. The molecule has 1 N–H and O–H groups in total. The molecule has 4 heteroatoms. The molecule has 25 heavy (non-hydrogen) atoms. The molecule has 126 valence electrons. The Morgan fingerprint density at radius 3 is 2.04 bits per heavy atom. The fourth-order valence-electron chi connectivity index (χ4n) is 2.78. The lowest BCUT2D eigenvalue weighted by Crippen LogP contribution is -2.19. The lowest BCUT2D eigenvalue weighted by atomic mass is 10.1. The van der Waals surface area contributed by atoms with Gasteiger partial charge in [-0.15, -0.1) is 0 Å². The third-order valence-corrected chi connectivity index (χ3v) is 4.18. The van der Waals surface area contributed by atoms with Crippen LogP contribution in [0.25, 0.3) is 5.69 Å². The van der Waals surface area contributed by atoms with Crippen LogP contribution in [0.4, 0.5) is 0 Å². The Hall–Kier alpha value is -3.14. The highest BCUT2D eigenvalue weighted by atomic mass is 16.2. The van der Waals surface area contributed by atoms with Crippen LogP contribution in [0.2, 0.25) is 0 Å². The van der Waals surface area contributed by atoms with Crippen molar-refractivity contribution in [3.63, 3.8) is 0 Å². The lowest BCUT2D eigenvalue weighted by Gasteiger charge is -2.10. The highest BCUT2D eigenvalue weighted by Gasteiger charge is 2.07. The second-order valence-corrected chi connectivity index (χ2v) is 6.00. The Labute approximate surface area is 147 Å². The Morgan fingerprint density at radius 1 is 0.840 bits per heavy atom. The molecule has 3 rings (SSSR count). The van der Waals surface area contributed by atoms with Gasteiger partial charge in [0.15, 0.2) is 0 Å². The number of benzene rings is 2. The molecule has 1 heterocycles. The topological polar surface area (TPSA) is 46.4 Å². The minimum atomic E-state index is -0.220. The summed E-state index contributed by atoms with van der Waals surface area (Å²) in [6, 6.07) is 21.4. The summed E-state index contributed by atoms with van der Waals surface area (Å²) in [4.78, 5) is 12.3. The molecule has 0 radical (unpaired) electrons. The van der Waals surface area contributed by atoms with E-state index in [4.69, 9.17) is 0 Å². The third kappa shape index (κ3) is 3.69. The maximum Gasteiger partial charge on any atom is 0.271 e. The van der Waals surface area contributed by atoms with Crippen molar-refractivity contribution in [1.82, 2.24) is 9.99 Å². The molecular weight excluding hydrogens is 310 g/mol. The summed E-state index contributed by atoms with van der Waals surface area (Å²) >= 11 is 0. The summed E-state index contributed by atoms with van der Waals surface area (Å²) < 4.78 is 2.15. The SMILES string of the molecule is C/C(=N\NC(=O)c1ccc(-n2c(C)ccc2C)cc1)c1ccccc1. The van der Waals surface area contributed by atoms with Gasteiger partial charge in [0.1, 0.15) is 0 Å². The van der Waals surface area contributed by atoms with Crippen LogP contribution in [0.15, 0.2) is 71.8 Å². The molecule has 0 fully saturated rings. The largest absolute Gasteiger partial charge is 0.319 e. The van der Waals surface area contributed by atoms with Crippen LogP contribution in [-0.4, -0.2) is 16.2 Å². The fourth-order valence-corrected chi connectivity index (χ4v) is 2.78. The molecule has 0 spiro atoms. The zero-order chi connectivity index (χ0) is 17.8. The molecule has 0 unspecified atom stereocenters. The number of hydrogen-bond donors (Lipinski definition) is 1. The Morgan fingerprint density at radius 2 is 1.44 bits per heavy atom. The third-order valence-electron chi connectivity index (χ3n) is 4.18. The van der Waals surface area contributed by atoms with Crippen LogP contribution in [0, 0.1) is 13.8 Å². The second kappa shape index (κ2) is 7.18. The first kappa shape index (κ1) is 16.7. The highest BCUT2D eigenvalue weighted by molar-refractivity contribution is 6.00. The van der Waals surface area contributed by atoms with Crippen molar-refractivity contribution < 1.29 is 4.79 Å². The maximum absolute atomic E-state index is 12.3. The van der Waals surface area contributed by atoms with E-state index < -0.39 is 0 Å². The number of aromatic nitrogens is 1.